The highest BCUT2D eigenvalue weighted by Gasteiger charge is 2.80. The molecule has 1 fully saturated rings. The van der Waals surface area contributed by atoms with Crippen LogP contribution in [0.1, 0.15) is 5.69 Å². The van der Waals surface area contributed by atoms with Crippen molar-refractivity contribution in [2.24, 2.45) is 0 Å². The van der Waals surface area contributed by atoms with E-state index in [1.165, 1.54) is 17.5 Å². The maximum atomic E-state index is 12.9. The number of cyclic esters (lactones) is 1. The number of benzene rings is 1. The zero-order valence-electron chi connectivity index (χ0n) is 12.9. The predicted molar refractivity (Wildman–Crippen MR) is 77.0 cm³/mol. The summed E-state index contributed by atoms with van der Waals surface area (Å²) in [5, 5.41) is 1.69. The van der Waals surface area contributed by atoms with E-state index in [9.17, 15) is 35.5 Å². The number of rotatable bonds is 3. The number of carbonyl (C=O) groups is 1. The van der Waals surface area contributed by atoms with Crippen LogP contribution in [0.15, 0.2) is 29.6 Å². The first-order valence-electron chi connectivity index (χ1n) is 7.17. The normalized spacial score (nSPS) is 20.0. The van der Waals surface area contributed by atoms with Gasteiger partial charge in [-0.25, -0.2) is 14.2 Å². The van der Waals surface area contributed by atoms with Gasteiger partial charge in [0.05, 0.1) is 5.69 Å². The molecule has 1 aliphatic rings. The van der Waals surface area contributed by atoms with Gasteiger partial charge >= 0.3 is 24.1 Å². The smallest absolute Gasteiger partial charge is 0.414 e. The summed E-state index contributed by atoms with van der Waals surface area (Å²) in [7, 11) is 0. The number of hydrogen-bond donors (Lipinski definition) is 0. The van der Waals surface area contributed by atoms with E-state index >= 15 is 0 Å². The lowest BCUT2D eigenvalue weighted by Crippen LogP contribution is -2.58. The number of thiazole rings is 1. The standard InChI is InChI=1S/C15H8F7NO3S/c16-8-3-1-7(2-4-8)11-23-9(6-27-11)5-10-12(24)26-13(25-10,14(17,18)19)15(20,21)22/h1-4,6,10H,5H2. The monoisotopic (exact) mass is 415 g/mol. The van der Waals surface area contributed by atoms with Gasteiger partial charge in [-0.05, 0) is 24.3 Å². The molecular weight excluding hydrogens is 407 g/mol. The molecule has 1 aromatic heterocycles. The largest absolute Gasteiger partial charge is 0.465 e. The third-order valence-electron chi connectivity index (χ3n) is 3.60. The Morgan fingerprint density at radius 3 is 2.19 bits per heavy atom. The van der Waals surface area contributed by atoms with E-state index in [-0.39, 0.29) is 5.69 Å². The molecule has 1 unspecified atom stereocenters. The van der Waals surface area contributed by atoms with Crippen molar-refractivity contribution in [3.05, 3.63) is 41.2 Å². The van der Waals surface area contributed by atoms with Crippen molar-refractivity contribution >= 4 is 17.3 Å². The molecule has 1 aliphatic heterocycles. The van der Waals surface area contributed by atoms with Gasteiger partial charge in [-0.15, -0.1) is 11.3 Å². The van der Waals surface area contributed by atoms with Crippen LogP contribution in [0.5, 0.6) is 0 Å². The molecule has 1 atom stereocenters. The second-order valence-corrected chi connectivity index (χ2v) is 6.35. The molecule has 2 heterocycles. The van der Waals surface area contributed by atoms with Crippen LogP contribution in [0, 0.1) is 5.82 Å². The summed E-state index contributed by atoms with van der Waals surface area (Å²) >= 11 is 1.02. The molecule has 1 aromatic carbocycles. The van der Waals surface area contributed by atoms with Crippen LogP contribution in [-0.4, -0.2) is 35.2 Å². The number of nitrogens with zero attached hydrogens (tertiary/aromatic N) is 1. The van der Waals surface area contributed by atoms with Crippen LogP contribution >= 0.6 is 11.3 Å². The summed E-state index contributed by atoms with van der Waals surface area (Å²) in [5.41, 5.74) is 0.518. The van der Waals surface area contributed by atoms with Crippen LogP contribution in [-0.2, 0) is 20.7 Å². The molecule has 0 saturated carbocycles. The second-order valence-electron chi connectivity index (χ2n) is 5.49. The number of hydrogen-bond acceptors (Lipinski definition) is 5. The lowest BCUT2D eigenvalue weighted by atomic mass is 10.2. The van der Waals surface area contributed by atoms with E-state index in [2.05, 4.69) is 14.5 Å². The van der Waals surface area contributed by atoms with Crippen molar-refractivity contribution < 1.29 is 45.0 Å². The van der Waals surface area contributed by atoms with Gasteiger partial charge < -0.3 is 9.47 Å². The van der Waals surface area contributed by atoms with Crippen molar-refractivity contribution in [1.29, 1.82) is 0 Å². The number of esters is 1. The van der Waals surface area contributed by atoms with E-state index in [0.717, 1.165) is 23.5 Å². The highest BCUT2D eigenvalue weighted by Crippen LogP contribution is 2.50. The summed E-state index contributed by atoms with van der Waals surface area (Å²) < 4.78 is 97.9. The lowest BCUT2D eigenvalue weighted by molar-refractivity contribution is -0.439. The third kappa shape index (κ3) is 3.50. The number of carbonyl (C=O) groups excluding carboxylic acids is 1. The average molecular weight is 415 g/mol. The van der Waals surface area contributed by atoms with E-state index in [4.69, 9.17) is 0 Å². The van der Waals surface area contributed by atoms with Gasteiger partial charge in [0.1, 0.15) is 10.8 Å². The molecule has 0 radical (unpaired) electrons. The van der Waals surface area contributed by atoms with Gasteiger partial charge in [0.25, 0.3) is 0 Å². The maximum absolute atomic E-state index is 12.9. The van der Waals surface area contributed by atoms with Gasteiger partial charge in [-0.2, -0.15) is 26.3 Å². The van der Waals surface area contributed by atoms with Crippen molar-refractivity contribution in [1.82, 2.24) is 4.98 Å². The minimum atomic E-state index is -6.00. The molecule has 3 rings (SSSR count). The van der Waals surface area contributed by atoms with E-state index in [1.807, 2.05) is 0 Å². The van der Waals surface area contributed by atoms with Crippen LogP contribution < -0.4 is 0 Å². The van der Waals surface area contributed by atoms with Crippen molar-refractivity contribution in [2.75, 3.05) is 0 Å². The average Bonchev–Trinajstić information content (AvgIpc) is 3.13. The van der Waals surface area contributed by atoms with Gasteiger partial charge in [-0.1, -0.05) is 0 Å². The fraction of sp³-hybridized carbons (Fsp3) is 0.333. The number of ether oxygens (including phenoxy) is 2. The topological polar surface area (TPSA) is 48.4 Å². The van der Waals surface area contributed by atoms with Crippen LogP contribution in [0.2, 0.25) is 0 Å². The molecule has 4 nitrogen and oxygen atoms in total. The number of alkyl halides is 6. The molecule has 0 aliphatic carbocycles. The molecule has 0 amide bonds. The van der Waals surface area contributed by atoms with Gasteiger partial charge in [0, 0.05) is 17.4 Å². The highest BCUT2D eigenvalue weighted by molar-refractivity contribution is 7.13. The van der Waals surface area contributed by atoms with Crippen molar-refractivity contribution in [3.63, 3.8) is 0 Å². The summed E-state index contributed by atoms with van der Waals surface area (Å²) in [4.78, 5) is 15.6. The SMILES string of the molecule is O=C1OC(C(F)(F)F)(C(F)(F)F)OC1Cc1csc(-c2ccc(F)cc2)n1. The first kappa shape index (κ1) is 19.5. The van der Waals surface area contributed by atoms with Gasteiger partial charge in [-0.3, -0.25) is 0 Å². The summed E-state index contributed by atoms with van der Waals surface area (Å²) in [6, 6.07) is 5.12. The predicted octanol–water partition coefficient (Wildman–Crippen LogP) is 4.25. The summed E-state index contributed by atoms with van der Waals surface area (Å²) in [6.07, 6.45) is -14.8. The second kappa shape index (κ2) is 6.44. The van der Waals surface area contributed by atoms with Crippen LogP contribution in [0.25, 0.3) is 10.6 Å². The quantitative estimate of drug-likeness (QED) is 0.556. The zero-order valence-corrected chi connectivity index (χ0v) is 13.7. The third-order valence-corrected chi connectivity index (χ3v) is 4.54. The Bertz CT molecular complexity index is 830. The lowest BCUT2D eigenvalue weighted by Gasteiger charge is -2.30. The molecule has 12 heteroatoms. The zero-order chi connectivity index (χ0) is 20.0. The van der Waals surface area contributed by atoms with E-state index in [1.54, 1.807) is 0 Å². The first-order chi connectivity index (χ1) is 12.4. The minimum Gasteiger partial charge on any atom is -0.414 e. The van der Waals surface area contributed by atoms with Crippen LogP contribution in [0.4, 0.5) is 30.7 Å². The Hall–Kier alpha value is -2.21. The molecule has 0 spiro atoms. The van der Waals surface area contributed by atoms with Gasteiger partial charge in [0.2, 0.25) is 0 Å². The van der Waals surface area contributed by atoms with Gasteiger partial charge in [0.15, 0.2) is 6.10 Å². The van der Waals surface area contributed by atoms with E-state index < -0.39 is 42.5 Å². The molecule has 0 bridgehead atoms. The fourth-order valence-electron chi connectivity index (χ4n) is 2.33. The highest BCUT2D eigenvalue weighted by atomic mass is 32.1. The fourth-order valence-corrected chi connectivity index (χ4v) is 3.17. The Balaban J connectivity index is 1.81. The summed E-state index contributed by atoms with van der Waals surface area (Å²) in [6.45, 7) is 0. The van der Waals surface area contributed by atoms with Crippen molar-refractivity contribution in [3.8, 4) is 10.6 Å². The molecule has 0 N–H and O–H groups in total. The Morgan fingerprint density at radius 1 is 1.07 bits per heavy atom. The minimum absolute atomic E-state index is 0.0291. The maximum Gasteiger partial charge on any atom is 0.465 e. The number of halogens is 7. The molecule has 27 heavy (non-hydrogen) atoms. The number of aromatic nitrogens is 1. The molecule has 1 saturated heterocycles. The molecule has 2 aromatic rings. The first-order valence-corrected chi connectivity index (χ1v) is 8.05. The van der Waals surface area contributed by atoms with Crippen molar-refractivity contribution in [2.45, 2.75) is 30.7 Å². The Labute approximate surface area is 150 Å². The Morgan fingerprint density at radius 2 is 1.67 bits per heavy atom. The Kier molecular flexibility index (Phi) is 4.67. The molecular formula is C15H8F7NO3S. The van der Waals surface area contributed by atoms with Crippen LogP contribution in [0.3, 0.4) is 0 Å². The van der Waals surface area contributed by atoms with E-state index in [0.29, 0.717) is 10.6 Å². The summed E-state index contributed by atoms with van der Waals surface area (Å²) in [5.74, 6) is -7.29. The molecule has 146 valence electrons.